The average molecular weight is 535 g/mol. The molecule has 0 saturated carbocycles. The molecular weight excluding hydrogens is 514 g/mol. The van der Waals surface area contributed by atoms with Crippen molar-refractivity contribution in [2.24, 2.45) is 0 Å². The number of pyridine rings is 1. The lowest BCUT2D eigenvalue weighted by Gasteiger charge is -2.15. The molecule has 5 nitrogen and oxygen atoms in total. The highest BCUT2D eigenvalue weighted by molar-refractivity contribution is 9.10. The molecule has 0 spiro atoms. The molecule has 2 amide bonds. The number of amides is 2. The van der Waals surface area contributed by atoms with E-state index in [0.29, 0.717) is 33.0 Å². The van der Waals surface area contributed by atoms with E-state index in [2.05, 4.69) is 21.2 Å². The summed E-state index contributed by atoms with van der Waals surface area (Å²) in [6.45, 7) is 1.60. The van der Waals surface area contributed by atoms with Crippen molar-refractivity contribution in [3.05, 3.63) is 93.4 Å². The number of hydrogen-bond donors (Lipinski definition) is 1. The topological polar surface area (TPSA) is 62.3 Å². The van der Waals surface area contributed by atoms with Crippen molar-refractivity contribution in [1.29, 1.82) is 0 Å². The van der Waals surface area contributed by atoms with Crippen LogP contribution in [0, 0.1) is 0 Å². The van der Waals surface area contributed by atoms with Crippen molar-refractivity contribution in [3.63, 3.8) is 0 Å². The van der Waals surface area contributed by atoms with Gasteiger partial charge in [0.2, 0.25) is 0 Å². The Morgan fingerprint density at radius 2 is 1.68 bits per heavy atom. The number of nitrogens with zero attached hydrogens (tertiary/aromatic N) is 2. The van der Waals surface area contributed by atoms with Gasteiger partial charge in [0.25, 0.3) is 11.8 Å². The Morgan fingerprint density at radius 1 is 0.941 bits per heavy atom. The predicted octanol–water partition coefficient (Wildman–Crippen LogP) is 6.81. The Labute approximate surface area is 210 Å². The second-order valence-electron chi connectivity index (χ2n) is 8.23. The summed E-state index contributed by atoms with van der Waals surface area (Å²) >= 11 is 9.90. The molecule has 1 N–H and O–H groups in total. The lowest BCUT2D eigenvalue weighted by Crippen LogP contribution is -2.27. The molecule has 0 radical (unpaired) electrons. The average Bonchev–Trinajstić information content (AvgIpc) is 3.39. The number of anilines is 1. The molecule has 3 aromatic carbocycles. The fourth-order valence-corrected chi connectivity index (χ4v) is 4.78. The third kappa shape index (κ3) is 4.56. The number of aromatic nitrogens is 1. The molecule has 1 fully saturated rings. The number of carbonyl (C=O) groups excluding carboxylic acids is 2. The third-order valence-electron chi connectivity index (χ3n) is 5.95. The van der Waals surface area contributed by atoms with Crippen LogP contribution in [0.2, 0.25) is 5.02 Å². The maximum absolute atomic E-state index is 13.4. The number of likely N-dealkylation sites (tertiary alicyclic amines) is 1. The lowest BCUT2D eigenvalue weighted by atomic mass is 10.0. The van der Waals surface area contributed by atoms with Gasteiger partial charge in [0.15, 0.2) is 0 Å². The van der Waals surface area contributed by atoms with Crippen LogP contribution < -0.4 is 5.32 Å². The first-order valence-electron chi connectivity index (χ1n) is 11.1. The van der Waals surface area contributed by atoms with Gasteiger partial charge in [0.05, 0.1) is 16.8 Å². The van der Waals surface area contributed by atoms with Crippen LogP contribution in [0.4, 0.5) is 5.69 Å². The summed E-state index contributed by atoms with van der Waals surface area (Å²) in [6, 6.07) is 21.9. The molecule has 0 unspecified atom stereocenters. The van der Waals surface area contributed by atoms with Gasteiger partial charge in [0.1, 0.15) is 0 Å². The highest BCUT2D eigenvalue weighted by Gasteiger charge is 2.20. The van der Waals surface area contributed by atoms with E-state index in [1.807, 2.05) is 41.3 Å². The Balaban J connectivity index is 1.47. The van der Waals surface area contributed by atoms with Gasteiger partial charge < -0.3 is 10.2 Å². The summed E-state index contributed by atoms with van der Waals surface area (Å²) in [5.74, 6) is -0.234. The molecule has 2 heterocycles. The molecule has 170 valence electrons. The van der Waals surface area contributed by atoms with Gasteiger partial charge in [-0.05, 0) is 67.4 Å². The zero-order chi connectivity index (χ0) is 23.7. The first-order valence-corrected chi connectivity index (χ1v) is 12.2. The Bertz CT molecular complexity index is 1400. The SMILES string of the molecule is O=C(Nc1ccc(C(=O)N2CCCC2)cc1)c1cc(-c2ccccc2Cl)nc2ccc(Br)cc12. The van der Waals surface area contributed by atoms with E-state index < -0.39 is 0 Å². The van der Waals surface area contributed by atoms with Crippen LogP contribution in [0.3, 0.4) is 0 Å². The number of fused-ring (bicyclic) bond motifs is 1. The summed E-state index contributed by atoms with van der Waals surface area (Å²) in [7, 11) is 0. The molecule has 0 aliphatic carbocycles. The number of nitrogens with one attached hydrogen (secondary N) is 1. The Kier molecular flexibility index (Phi) is 6.35. The van der Waals surface area contributed by atoms with Crippen molar-refractivity contribution in [3.8, 4) is 11.3 Å². The molecule has 4 aromatic rings. The van der Waals surface area contributed by atoms with Crippen molar-refractivity contribution in [1.82, 2.24) is 9.88 Å². The normalized spacial score (nSPS) is 13.3. The Morgan fingerprint density at radius 3 is 2.41 bits per heavy atom. The quantitative estimate of drug-likeness (QED) is 0.313. The zero-order valence-electron chi connectivity index (χ0n) is 18.2. The van der Waals surface area contributed by atoms with Crippen LogP contribution in [0.15, 0.2) is 77.3 Å². The molecule has 0 atom stereocenters. The minimum Gasteiger partial charge on any atom is -0.339 e. The molecule has 34 heavy (non-hydrogen) atoms. The standard InChI is InChI=1S/C27H21BrClN3O2/c28-18-9-12-24-21(15-18)22(16-25(31-24)20-5-1-2-6-23(20)29)26(33)30-19-10-7-17(8-11-19)27(34)32-13-3-4-14-32/h1-2,5-12,15-16H,3-4,13-14H2,(H,30,33). The number of carbonyl (C=O) groups is 2. The molecule has 1 aromatic heterocycles. The monoisotopic (exact) mass is 533 g/mol. The van der Waals surface area contributed by atoms with Crippen LogP contribution in [0.5, 0.6) is 0 Å². The highest BCUT2D eigenvalue weighted by Crippen LogP contribution is 2.31. The molecule has 7 heteroatoms. The summed E-state index contributed by atoms with van der Waals surface area (Å²) in [5.41, 5.74) is 3.79. The van der Waals surface area contributed by atoms with Crippen LogP contribution in [-0.2, 0) is 0 Å². The first kappa shape index (κ1) is 22.6. The molecule has 1 saturated heterocycles. The molecule has 1 aliphatic rings. The van der Waals surface area contributed by atoms with E-state index in [4.69, 9.17) is 16.6 Å². The predicted molar refractivity (Wildman–Crippen MR) is 139 cm³/mol. The molecule has 5 rings (SSSR count). The second-order valence-corrected chi connectivity index (χ2v) is 9.55. The summed E-state index contributed by atoms with van der Waals surface area (Å²) in [4.78, 5) is 32.6. The molecular formula is C27H21BrClN3O2. The minimum absolute atomic E-state index is 0.0322. The smallest absolute Gasteiger partial charge is 0.256 e. The summed E-state index contributed by atoms with van der Waals surface area (Å²) in [6.07, 6.45) is 2.10. The van der Waals surface area contributed by atoms with Crippen LogP contribution in [0.25, 0.3) is 22.2 Å². The van der Waals surface area contributed by atoms with Crippen molar-refractivity contribution < 1.29 is 9.59 Å². The molecule has 0 bridgehead atoms. The van der Waals surface area contributed by atoms with Crippen LogP contribution in [0.1, 0.15) is 33.6 Å². The number of benzene rings is 3. The lowest BCUT2D eigenvalue weighted by molar-refractivity contribution is 0.0792. The van der Waals surface area contributed by atoms with E-state index in [1.54, 1.807) is 36.4 Å². The van der Waals surface area contributed by atoms with Gasteiger partial charge in [-0.15, -0.1) is 0 Å². The van der Waals surface area contributed by atoms with Crippen molar-refractivity contribution in [2.45, 2.75) is 12.8 Å². The van der Waals surface area contributed by atoms with Crippen molar-refractivity contribution >= 4 is 55.9 Å². The van der Waals surface area contributed by atoms with E-state index in [1.165, 1.54) is 0 Å². The maximum atomic E-state index is 13.4. The van der Waals surface area contributed by atoms with Gasteiger partial charge >= 0.3 is 0 Å². The van der Waals surface area contributed by atoms with Crippen LogP contribution >= 0.6 is 27.5 Å². The number of halogens is 2. The maximum Gasteiger partial charge on any atom is 0.256 e. The fourth-order valence-electron chi connectivity index (χ4n) is 4.19. The summed E-state index contributed by atoms with van der Waals surface area (Å²) < 4.78 is 0.853. The van der Waals surface area contributed by atoms with Gasteiger partial charge in [-0.25, -0.2) is 4.98 Å². The van der Waals surface area contributed by atoms with E-state index in [0.717, 1.165) is 41.4 Å². The highest BCUT2D eigenvalue weighted by atomic mass is 79.9. The van der Waals surface area contributed by atoms with E-state index >= 15 is 0 Å². The van der Waals surface area contributed by atoms with Gasteiger partial charge in [0, 0.05) is 44.8 Å². The van der Waals surface area contributed by atoms with Crippen molar-refractivity contribution in [2.75, 3.05) is 18.4 Å². The third-order valence-corrected chi connectivity index (χ3v) is 6.77. The first-order chi connectivity index (χ1) is 16.5. The minimum atomic E-state index is -0.266. The number of rotatable bonds is 4. The second kappa shape index (κ2) is 9.57. The molecule has 1 aliphatic heterocycles. The van der Waals surface area contributed by atoms with Crippen LogP contribution in [-0.4, -0.2) is 34.8 Å². The number of hydrogen-bond acceptors (Lipinski definition) is 3. The fraction of sp³-hybridized carbons (Fsp3) is 0.148. The summed E-state index contributed by atoms with van der Waals surface area (Å²) in [5, 5.41) is 4.25. The largest absolute Gasteiger partial charge is 0.339 e. The van der Waals surface area contributed by atoms with E-state index in [9.17, 15) is 9.59 Å². The van der Waals surface area contributed by atoms with Gasteiger partial charge in [-0.1, -0.05) is 45.7 Å². The van der Waals surface area contributed by atoms with Gasteiger partial charge in [-0.2, -0.15) is 0 Å². The van der Waals surface area contributed by atoms with Gasteiger partial charge in [-0.3, -0.25) is 9.59 Å². The Hall–Kier alpha value is -3.22. The van der Waals surface area contributed by atoms with E-state index in [-0.39, 0.29) is 11.8 Å². The zero-order valence-corrected chi connectivity index (χ0v) is 20.6.